The molecule has 0 saturated carbocycles. The van der Waals surface area contributed by atoms with Crippen LogP contribution in [0, 0.1) is 0 Å². The number of benzene rings is 1. The smallest absolute Gasteiger partial charge is 0.251 e. The summed E-state index contributed by atoms with van der Waals surface area (Å²) in [6.07, 6.45) is 2.91. The van der Waals surface area contributed by atoms with E-state index in [1.807, 2.05) is 24.3 Å². The van der Waals surface area contributed by atoms with Gasteiger partial charge in [0.1, 0.15) is 0 Å². The number of carbonyl (C=O) groups is 1. The van der Waals surface area contributed by atoms with Crippen molar-refractivity contribution in [2.45, 2.75) is 12.2 Å². The lowest BCUT2D eigenvalue weighted by molar-refractivity contribution is 0.0948. The van der Waals surface area contributed by atoms with Crippen LogP contribution in [-0.2, 0) is 10.5 Å². The molecule has 1 amide bonds. The number of carbonyl (C=O) groups excluding carboxylic acids is 1. The fourth-order valence-corrected chi connectivity index (χ4v) is 1.97. The molecular formula is C13H19NO2S. The number of methoxy groups -OCH3 is 1. The number of nitrogens with one attached hydrogen (secondary N) is 1. The minimum Gasteiger partial charge on any atom is -0.385 e. The van der Waals surface area contributed by atoms with E-state index in [1.54, 1.807) is 18.9 Å². The van der Waals surface area contributed by atoms with Gasteiger partial charge in [0.15, 0.2) is 0 Å². The Morgan fingerprint density at radius 1 is 1.35 bits per heavy atom. The predicted molar refractivity (Wildman–Crippen MR) is 72.5 cm³/mol. The van der Waals surface area contributed by atoms with Crippen molar-refractivity contribution in [2.75, 3.05) is 26.5 Å². The highest BCUT2D eigenvalue weighted by atomic mass is 32.2. The fraction of sp³-hybridized carbons (Fsp3) is 0.462. The summed E-state index contributed by atoms with van der Waals surface area (Å²) >= 11 is 1.77. The first-order valence-corrected chi connectivity index (χ1v) is 7.02. The number of hydrogen-bond donors (Lipinski definition) is 1. The Labute approximate surface area is 107 Å². The van der Waals surface area contributed by atoms with Crippen molar-refractivity contribution in [1.82, 2.24) is 5.32 Å². The number of hydrogen-bond acceptors (Lipinski definition) is 3. The molecule has 94 valence electrons. The maximum absolute atomic E-state index is 11.7. The molecule has 0 aliphatic rings. The lowest BCUT2D eigenvalue weighted by Crippen LogP contribution is -2.25. The molecule has 17 heavy (non-hydrogen) atoms. The number of rotatable bonds is 7. The van der Waals surface area contributed by atoms with E-state index in [9.17, 15) is 4.79 Å². The monoisotopic (exact) mass is 253 g/mol. The van der Waals surface area contributed by atoms with Crippen molar-refractivity contribution >= 4 is 17.7 Å². The number of thioether (sulfide) groups is 1. The molecule has 0 spiro atoms. The normalized spacial score (nSPS) is 10.2. The van der Waals surface area contributed by atoms with E-state index in [0.29, 0.717) is 18.7 Å². The summed E-state index contributed by atoms with van der Waals surface area (Å²) in [7, 11) is 1.66. The lowest BCUT2D eigenvalue weighted by Gasteiger charge is -2.05. The van der Waals surface area contributed by atoms with Gasteiger partial charge < -0.3 is 10.1 Å². The van der Waals surface area contributed by atoms with Gasteiger partial charge >= 0.3 is 0 Å². The van der Waals surface area contributed by atoms with Crippen LogP contribution in [0.4, 0.5) is 0 Å². The molecule has 0 heterocycles. The summed E-state index contributed by atoms with van der Waals surface area (Å²) < 4.78 is 4.92. The summed E-state index contributed by atoms with van der Waals surface area (Å²) in [4.78, 5) is 11.7. The molecular weight excluding hydrogens is 234 g/mol. The zero-order chi connectivity index (χ0) is 12.5. The first-order valence-electron chi connectivity index (χ1n) is 5.63. The van der Waals surface area contributed by atoms with E-state index < -0.39 is 0 Å². The van der Waals surface area contributed by atoms with Gasteiger partial charge in [-0.05, 0) is 30.4 Å². The molecule has 1 rings (SSSR count). The molecule has 0 radical (unpaired) electrons. The second-order valence-corrected chi connectivity index (χ2v) is 4.60. The van der Waals surface area contributed by atoms with E-state index >= 15 is 0 Å². The molecule has 0 fully saturated rings. The van der Waals surface area contributed by atoms with Gasteiger partial charge in [-0.15, -0.1) is 0 Å². The van der Waals surface area contributed by atoms with E-state index in [4.69, 9.17) is 4.74 Å². The van der Waals surface area contributed by atoms with Crippen LogP contribution >= 0.6 is 11.8 Å². The molecule has 0 unspecified atom stereocenters. The molecule has 4 heteroatoms. The van der Waals surface area contributed by atoms with Gasteiger partial charge in [0.05, 0.1) is 0 Å². The van der Waals surface area contributed by atoms with Gasteiger partial charge in [0, 0.05) is 31.6 Å². The molecule has 1 N–H and O–H groups in total. The number of amides is 1. The Kier molecular flexibility index (Phi) is 6.74. The Bertz CT molecular complexity index is 338. The second kappa shape index (κ2) is 8.14. The number of ether oxygens (including phenoxy) is 1. The van der Waals surface area contributed by atoms with Crippen molar-refractivity contribution in [2.24, 2.45) is 0 Å². The Morgan fingerprint density at radius 3 is 2.65 bits per heavy atom. The van der Waals surface area contributed by atoms with Gasteiger partial charge in [-0.1, -0.05) is 12.1 Å². The van der Waals surface area contributed by atoms with Crippen LogP contribution in [0.25, 0.3) is 0 Å². The zero-order valence-electron chi connectivity index (χ0n) is 10.4. The maximum atomic E-state index is 11.7. The van der Waals surface area contributed by atoms with Crippen molar-refractivity contribution in [3.63, 3.8) is 0 Å². The van der Waals surface area contributed by atoms with Crippen LogP contribution in [0.15, 0.2) is 24.3 Å². The SMILES string of the molecule is COCCCNC(=O)c1ccc(CSC)cc1. The van der Waals surface area contributed by atoms with E-state index in [2.05, 4.69) is 11.6 Å². The van der Waals surface area contributed by atoms with Gasteiger partial charge in [-0.25, -0.2) is 0 Å². The highest BCUT2D eigenvalue weighted by molar-refractivity contribution is 7.97. The zero-order valence-corrected chi connectivity index (χ0v) is 11.2. The molecule has 0 aliphatic carbocycles. The lowest BCUT2D eigenvalue weighted by atomic mass is 10.1. The van der Waals surface area contributed by atoms with Crippen LogP contribution in [0.2, 0.25) is 0 Å². The molecule has 0 bridgehead atoms. The average molecular weight is 253 g/mol. The third kappa shape index (κ3) is 5.24. The highest BCUT2D eigenvalue weighted by Gasteiger charge is 2.03. The van der Waals surface area contributed by atoms with Crippen LogP contribution in [0.1, 0.15) is 22.3 Å². The second-order valence-electron chi connectivity index (χ2n) is 3.73. The van der Waals surface area contributed by atoms with Crippen LogP contribution in [0.3, 0.4) is 0 Å². The van der Waals surface area contributed by atoms with Crippen LogP contribution in [0.5, 0.6) is 0 Å². The van der Waals surface area contributed by atoms with Gasteiger partial charge in [0.25, 0.3) is 5.91 Å². The fourth-order valence-electron chi connectivity index (χ4n) is 1.44. The van der Waals surface area contributed by atoms with E-state index in [1.165, 1.54) is 5.56 Å². The molecule has 0 aliphatic heterocycles. The third-order valence-corrected chi connectivity index (χ3v) is 2.96. The summed E-state index contributed by atoms with van der Waals surface area (Å²) in [5, 5.41) is 2.86. The molecule has 0 saturated heterocycles. The predicted octanol–water partition coefficient (Wildman–Crippen LogP) is 2.32. The molecule has 1 aromatic carbocycles. The van der Waals surface area contributed by atoms with E-state index in [0.717, 1.165) is 12.2 Å². The highest BCUT2D eigenvalue weighted by Crippen LogP contribution is 2.10. The first-order chi connectivity index (χ1) is 8.27. The van der Waals surface area contributed by atoms with Crippen molar-refractivity contribution in [1.29, 1.82) is 0 Å². The van der Waals surface area contributed by atoms with Gasteiger partial charge in [0.2, 0.25) is 0 Å². The molecule has 0 atom stereocenters. The maximum Gasteiger partial charge on any atom is 0.251 e. The van der Waals surface area contributed by atoms with E-state index in [-0.39, 0.29) is 5.91 Å². The first kappa shape index (κ1) is 14.1. The van der Waals surface area contributed by atoms with Crippen molar-refractivity contribution in [3.8, 4) is 0 Å². The average Bonchev–Trinajstić information content (AvgIpc) is 2.36. The Morgan fingerprint density at radius 2 is 2.06 bits per heavy atom. The summed E-state index contributed by atoms with van der Waals surface area (Å²) in [6.45, 7) is 1.33. The summed E-state index contributed by atoms with van der Waals surface area (Å²) in [5.74, 6) is 0.965. The standard InChI is InChI=1S/C13H19NO2S/c1-16-9-3-8-14-13(15)12-6-4-11(5-7-12)10-17-2/h4-7H,3,8-10H2,1-2H3,(H,14,15). The van der Waals surface area contributed by atoms with Gasteiger partial charge in [-0.2, -0.15) is 11.8 Å². The summed E-state index contributed by atoms with van der Waals surface area (Å²) in [6, 6.07) is 7.75. The molecule has 0 aromatic heterocycles. The Balaban J connectivity index is 2.40. The van der Waals surface area contributed by atoms with Crippen LogP contribution in [-0.4, -0.2) is 32.4 Å². The molecule has 3 nitrogen and oxygen atoms in total. The minimum absolute atomic E-state index is 0.0168. The van der Waals surface area contributed by atoms with Gasteiger partial charge in [-0.3, -0.25) is 4.79 Å². The topological polar surface area (TPSA) is 38.3 Å². The minimum atomic E-state index is -0.0168. The molecule has 1 aromatic rings. The van der Waals surface area contributed by atoms with Crippen LogP contribution < -0.4 is 5.32 Å². The largest absolute Gasteiger partial charge is 0.385 e. The quantitative estimate of drug-likeness (QED) is 0.758. The Hall–Kier alpha value is -1.00. The van der Waals surface area contributed by atoms with Crippen molar-refractivity contribution in [3.05, 3.63) is 35.4 Å². The van der Waals surface area contributed by atoms with Crippen molar-refractivity contribution < 1.29 is 9.53 Å². The summed E-state index contributed by atoms with van der Waals surface area (Å²) in [5.41, 5.74) is 1.96. The third-order valence-electron chi connectivity index (χ3n) is 2.34.